The first-order valence-corrected chi connectivity index (χ1v) is 4.59. The van der Waals surface area contributed by atoms with E-state index in [0.717, 1.165) is 16.5 Å². The summed E-state index contributed by atoms with van der Waals surface area (Å²) in [7, 11) is 1.57. The number of benzene rings is 1. The summed E-state index contributed by atoms with van der Waals surface area (Å²) in [4.78, 5) is 14.7. The number of carbonyl (C=O) groups is 1. The van der Waals surface area contributed by atoms with Crippen LogP contribution in [0.2, 0.25) is 0 Å². The Hall–Kier alpha value is -1.42. The summed E-state index contributed by atoms with van der Waals surface area (Å²) < 4.78 is 6.09. The summed E-state index contributed by atoms with van der Waals surface area (Å²) in [5, 5.41) is 0. The Bertz CT molecular complexity index is 450. The number of rotatable bonds is 2. The predicted octanol–water partition coefficient (Wildman–Crippen LogP) is 2.12. The molecule has 0 saturated heterocycles. The molecule has 0 spiro atoms. The van der Waals surface area contributed by atoms with Crippen molar-refractivity contribution < 1.29 is 9.53 Å². The number of hydrogen-bond donors (Lipinski definition) is 0. The van der Waals surface area contributed by atoms with Crippen molar-refractivity contribution in [3.8, 4) is 5.75 Å². The SMILES string of the molecule is COc1cc(C=O)cc2scnc12. The first-order chi connectivity index (χ1) is 6.35. The van der Waals surface area contributed by atoms with Gasteiger partial charge in [0.25, 0.3) is 0 Å². The van der Waals surface area contributed by atoms with Gasteiger partial charge in [0.2, 0.25) is 0 Å². The number of methoxy groups -OCH3 is 1. The molecule has 0 radical (unpaired) electrons. The minimum Gasteiger partial charge on any atom is -0.494 e. The zero-order chi connectivity index (χ0) is 9.26. The molecule has 0 aliphatic heterocycles. The van der Waals surface area contributed by atoms with E-state index in [1.54, 1.807) is 18.7 Å². The number of aldehydes is 1. The Labute approximate surface area is 79.0 Å². The van der Waals surface area contributed by atoms with Crippen molar-refractivity contribution in [3.63, 3.8) is 0 Å². The zero-order valence-corrected chi connectivity index (χ0v) is 7.80. The minimum atomic E-state index is 0.619. The maximum Gasteiger partial charge on any atom is 0.150 e. The molecule has 0 aliphatic carbocycles. The van der Waals surface area contributed by atoms with Crippen molar-refractivity contribution in [2.45, 2.75) is 0 Å². The van der Waals surface area contributed by atoms with Gasteiger partial charge in [-0.2, -0.15) is 0 Å². The lowest BCUT2D eigenvalue weighted by Gasteiger charge is -2.00. The first kappa shape index (κ1) is 8.19. The van der Waals surface area contributed by atoms with Gasteiger partial charge in [-0.3, -0.25) is 4.79 Å². The van der Waals surface area contributed by atoms with E-state index in [1.165, 1.54) is 11.3 Å². The van der Waals surface area contributed by atoms with E-state index in [4.69, 9.17) is 4.74 Å². The Balaban J connectivity index is 2.77. The highest BCUT2D eigenvalue weighted by atomic mass is 32.1. The molecule has 0 fully saturated rings. The molecule has 0 amide bonds. The third-order valence-corrected chi connectivity index (χ3v) is 2.56. The standard InChI is InChI=1S/C9H7NO2S/c1-12-7-2-6(4-11)3-8-9(7)10-5-13-8/h2-5H,1H3. The smallest absolute Gasteiger partial charge is 0.150 e. The summed E-state index contributed by atoms with van der Waals surface area (Å²) in [5.41, 5.74) is 3.17. The number of ether oxygens (including phenoxy) is 1. The van der Waals surface area contributed by atoms with Gasteiger partial charge in [-0.05, 0) is 12.1 Å². The van der Waals surface area contributed by atoms with Crippen molar-refractivity contribution in [2.75, 3.05) is 7.11 Å². The van der Waals surface area contributed by atoms with Crippen LogP contribution in [0, 0.1) is 0 Å². The number of hydrogen-bond acceptors (Lipinski definition) is 4. The molecule has 66 valence electrons. The summed E-state index contributed by atoms with van der Waals surface area (Å²) in [5.74, 6) is 0.654. The van der Waals surface area contributed by atoms with Gasteiger partial charge in [0.1, 0.15) is 17.6 Å². The van der Waals surface area contributed by atoms with E-state index in [-0.39, 0.29) is 0 Å². The number of fused-ring (bicyclic) bond motifs is 1. The van der Waals surface area contributed by atoms with E-state index >= 15 is 0 Å². The topological polar surface area (TPSA) is 39.2 Å². The van der Waals surface area contributed by atoms with E-state index in [2.05, 4.69) is 4.98 Å². The second-order valence-corrected chi connectivity index (χ2v) is 3.43. The van der Waals surface area contributed by atoms with Crippen molar-refractivity contribution in [3.05, 3.63) is 23.2 Å². The maximum atomic E-state index is 10.6. The van der Waals surface area contributed by atoms with Crippen LogP contribution in [0.15, 0.2) is 17.6 Å². The van der Waals surface area contributed by atoms with Crippen molar-refractivity contribution >= 4 is 27.8 Å². The Kier molecular flexibility index (Phi) is 1.98. The molecule has 13 heavy (non-hydrogen) atoms. The summed E-state index contributed by atoms with van der Waals surface area (Å²) in [6, 6.07) is 3.50. The van der Waals surface area contributed by atoms with Gasteiger partial charge < -0.3 is 4.74 Å². The molecule has 1 heterocycles. The number of nitrogens with zero attached hydrogens (tertiary/aromatic N) is 1. The van der Waals surface area contributed by atoms with Gasteiger partial charge in [0, 0.05) is 5.56 Å². The molecular formula is C9H7NO2S. The molecule has 0 saturated carbocycles. The lowest BCUT2D eigenvalue weighted by Crippen LogP contribution is -1.87. The van der Waals surface area contributed by atoms with Crippen LogP contribution in [-0.4, -0.2) is 18.4 Å². The van der Waals surface area contributed by atoms with Gasteiger partial charge in [-0.15, -0.1) is 11.3 Å². The molecule has 0 aliphatic rings. The molecule has 1 aromatic carbocycles. The second-order valence-electron chi connectivity index (χ2n) is 2.54. The predicted molar refractivity (Wildman–Crippen MR) is 51.6 cm³/mol. The number of aromatic nitrogens is 1. The summed E-state index contributed by atoms with van der Waals surface area (Å²) >= 11 is 1.50. The maximum absolute atomic E-state index is 10.6. The van der Waals surface area contributed by atoms with E-state index < -0.39 is 0 Å². The summed E-state index contributed by atoms with van der Waals surface area (Å²) in [6.45, 7) is 0. The lowest BCUT2D eigenvalue weighted by atomic mass is 10.2. The fraction of sp³-hybridized carbons (Fsp3) is 0.111. The van der Waals surface area contributed by atoms with Gasteiger partial charge in [0.15, 0.2) is 0 Å². The fourth-order valence-corrected chi connectivity index (χ4v) is 1.92. The summed E-state index contributed by atoms with van der Waals surface area (Å²) in [6.07, 6.45) is 0.807. The van der Waals surface area contributed by atoms with Crippen molar-refractivity contribution in [1.29, 1.82) is 0 Å². The average molecular weight is 193 g/mol. The van der Waals surface area contributed by atoms with Crippen LogP contribution in [0.5, 0.6) is 5.75 Å². The molecule has 0 N–H and O–H groups in total. The third kappa shape index (κ3) is 1.29. The lowest BCUT2D eigenvalue weighted by molar-refractivity contribution is 0.112. The van der Waals surface area contributed by atoms with E-state index in [1.807, 2.05) is 6.07 Å². The molecular weight excluding hydrogens is 186 g/mol. The Morgan fingerprint density at radius 1 is 1.54 bits per heavy atom. The van der Waals surface area contributed by atoms with E-state index in [9.17, 15) is 4.79 Å². The van der Waals surface area contributed by atoms with Gasteiger partial charge in [0.05, 0.1) is 17.3 Å². The van der Waals surface area contributed by atoms with Gasteiger partial charge in [-0.1, -0.05) is 0 Å². The minimum absolute atomic E-state index is 0.619. The zero-order valence-electron chi connectivity index (χ0n) is 6.98. The number of thiazole rings is 1. The monoisotopic (exact) mass is 193 g/mol. The van der Waals surface area contributed by atoms with Crippen LogP contribution in [0.4, 0.5) is 0 Å². The quantitative estimate of drug-likeness (QED) is 0.686. The molecule has 0 atom stereocenters. The highest BCUT2D eigenvalue weighted by molar-refractivity contribution is 7.16. The molecule has 3 nitrogen and oxygen atoms in total. The highest BCUT2D eigenvalue weighted by Crippen LogP contribution is 2.28. The van der Waals surface area contributed by atoms with Crippen molar-refractivity contribution in [2.24, 2.45) is 0 Å². The first-order valence-electron chi connectivity index (χ1n) is 3.71. The molecule has 4 heteroatoms. The normalized spacial score (nSPS) is 10.2. The van der Waals surface area contributed by atoms with Crippen molar-refractivity contribution in [1.82, 2.24) is 4.98 Å². The van der Waals surface area contributed by atoms with Crippen LogP contribution in [0.1, 0.15) is 10.4 Å². The van der Waals surface area contributed by atoms with Crippen LogP contribution in [0.3, 0.4) is 0 Å². The molecule has 0 bridgehead atoms. The molecule has 2 aromatic rings. The molecule has 2 rings (SSSR count). The van der Waals surface area contributed by atoms with Gasteiger partial charge in [-0.25, -0.2) is 4.98 Å². The third-order valence-electron chi connectivity index (χ3n) is 1.78. The fourth-order valence-electron chi connectivity index (χ4n) is 1.18. The average Bonchev–Trinajstić information content (AvgIpc) is 2.63. The number of carbonyl (C=O) groups excluding carboxylic acids is 1. The van der Waals surface area contributed by atoms with E-state index in [0.29, 0.717) is 11.3 Å². The molecule has 1 aromatic heterocycles. The van der Waals surface area contributed by atoms with Gasteiger partial charge >= 0.3 is 0 Å². The van der Waals surface area contributed by atoms with Crippen LogP contribution >= 0.6 is 11.3 Å². The van der Waals surface area contributed by atoms with Crippen LogP contribution in [0.25, 0.3) is 10.2 Å². The molecule has 0 unspecified atom stereocenters. The largest absolute Gasteiger partial charge is 0.494 e. The van der Waals surface area contributed by atoms with Crippen LogP contribution < -0.4 is 4.74 Å². The Morgan fingerprint density at radius 3 is 3.08 bits per heavy atom. The highest BCUT2D eigenvalue weighted by Gasteiger charge is 2.05. The Morgan fingerprint density at radius 2 is 2.38 bits per heavy atom. The second kappa shape index (κ2) is 3.14. The van der Waals surface area contributed by atoms with Crippen LogP contribution in [-0.2, 0) is 0 Å².